The van der Waals surface area contributed by atoms with Crippen molar-refractivity contribution < 1.29 is 4.74 Å². The van der Waals surface area contributed by atoms with Crippen molar-refractivity contribution >= 4 is 28.5 Å². The summed E-state index contributed by atoms with van der Waals surface area (Å²) in [6.07, 6.45) is 0.663. The van der Waals surface area contributed by atoms with Gasteiger partial charge in [0.1, 0.15) is 5.75 Å². The van der Waals surface area contributed by atoms with Gasteiger partial charge in [0.2, 0.25) is 5.95 Å². The molecule has 1 aromatic heterocycles. The van der Waals surface area contributed by atoms with Gasteiger partial charge in [-0.2, -0.15) is 0 Å². The van der Waals surface area contributed by atoms with Gasteiger partial charge in [0, 0.05) is 16.8 Å². The Bertz CT molecular complexity index is 759. The van der Waals surface area contributed by atoms with Crippen LogP contribution in [-0.4, -0.2) is 16.6 Å². The molecule has 0 radical (unpaired) electrons. The largest absolute Gasteiger partial charge is 0.493 e. The molecule has 0 aliphatic heterocycles. The normalized spacial score (nSPS) is 10.7. The number of nitrogens with zero attached hydrogens (tertiary/aromatic N) is 2. The fraction of sp³-hybridized carbons (Fsp3) is 0.125. The number of rotatable bonds is 4. The average molecular weight is 300 g/mol. The lowest BCUT2D eigenvalue weighted by Gasteiger charge is -2.08. The molecule has 0 bridgehead atoms. The van der Waals surface area contributed by atoms with Crippen molar-refractivity contribution in [3.05, 3.63) is 59.2 Å². The zero-order valence-corrected chi connectivity index (χ0v) is 12.0. The highest BCUT2D eigenvalue weighted by Crippen LogP contribution is 2.18. The zero-order chi connectivity index (χ0) is 14.7. The second kappa shape index (κ2) is 5.97. The zero-order valence-electron chi connectivity index (χ0n) is 11.3. The van der Waals surface area contributed by atoms with Gasteiger partial charge in [-0.1, -0.05) is 29.8 Å². The number of para-hydroxylation sites is 1. The minimum atomic E-state index is 0.287. The molecule has 21 heavy (non-hydrogen) atoms. The first-order valence-electron chi connectivity index (χ1n) is 6.62. The van der Waals surface area contributed by atoms with Crippen LogP contribution in [0.3, 0.4) is 0 Å². The summed E-state index contributed by atoms with van der Waals surface area (Å²) in [7, 11) is 0. The molecular formula is C16H14ClN3O. The van der Waals surface area contributed by atoms with E-state index >= 15 is 0 Å². The molecule has 1 heterocycles. The van der Waals surface area contributed by atoms with Crippen molar-refractivity contribution in [3.8, 4) is 5.75 Å². The third-order valence-electron chi connectivity index (χ3n) is 3.12. The molecule has 0 amide bonds. The molecule has 5 heteroatoms. The molecule has 0 atom stereocenters. The van der Waals surface area contributed by atoms with E-state index in [-0.39, 0.29) is 5.95 Å². The van der Waals surface area contributed by atoms with E-state index in [1.54, 1.807) is 12.1 Å². The monoisotopic (exact) mass is 299 g/mol. The van der Waals surface area contributed by atoms with Crippen LogP contribution in [0, 0.1) is 0 Å². The number of nitrogens with two attached hydrogens (primary N) is 1. The highest BCUT2D eigenvalue weighted by atomic mass is 35.5. The quantitative estimate of drug-likeness (QED) is 0.801. The number of aromatic nitrogens is 2. The summed E-state index contributed by atoms with van der Waals surface area (Å²) in [4.78, 5) is 8.54. The predicted molar refractivity (Wildman–Crippen MR) is 84.6 cm³/mol. The van der Waals surface area contributed by atoms with Crippen molar-refractivity contribution in [1.82, 2.24) is 9.97 Å². The van der Waals surface area contributed by atoms with E-state index in [1.165, 1.54) is 0 Å². The Labute approximate surface area is 127 Å². The average Bonchev–Trinajstić information content (AvgIpc) is 2.49. The number of anilines is 1. The summed E-state index contributed by atoms with van der Waals surface area (Å²) in [5.74, 6) is 1.07. The molecule has 2 N–H and O–H groups in total. The molecule has 0 aliphatic rings. The van der Waals surface area contributed by atoms with Crippen molar-refractivity contribution in [2.75, 3.05) is 12.3 Å². The first-order chi connectivity index (χ1) is 10.2. The Hall–Kier alpha value is -2.33. The van der Waals surface area contributed by atoms with Gasteiger partial charge in [-0.25, -0.2) is 9.97 Å². The third kappa shape index (κ3) is 3.23. The maximum absolute atomic E-state index is 5.84. The van der Waals surface area contributed by atoms with Crippen molar-refractivity contribution in [2.45, 2.75) is 6.42 Å². The fourth-order valence-electron chi connectivity index (χ4n) is 2.15. The standard InChI is InChI=1S/C16H14ClN3O/c17-11-5-7-12(8-6-11)21-10-9-15-13-3-1-2-4-14(13)19-16(18)20-15/h1-8H,9-10H2,(H2,18,19,20). The molecule has 4 nitrogen and oxygen atoms in total. The molecule has 3 aromatic rings. The SMILES string of the molecule is Nc1nc(CCOc2ccc(Cl)cc2)c2ccccc2n1. The maximum atomic E-state index is 5.84. The molecule has 0 spiro atoms. The highest BCUT2D eigenvalue weighted by Gasteiger charge is 2.06. The summed E-state index contributed by atoms with van der Waals surface area (Å²) >= 11 is 5.84. The van der Waals surface area contributed by atoms with E-state index in [0.717, 1.165) is 22.3 Å². The molecule has 2 aromatic carbocycles. The van der Waals surface area contributed by atoms with E-state index in [4.69, 9.17) is 22.1 Å². The Morgan fingerprint density at radius 2 is 1.76 bits per heavy atom. The number of fused-ring (bicyclic) bond motifs is 1. The van der Waals surface area contributed by atoms with Gasteiger partial charge in [0.25, 0.3) is 0 Å². The Balaban J connectivity index is 1.74. The number of halogens is 1. The van der Waals surface area contributed by atoms with Crippen molar-refractivity contribution in [2.24, 2.45) is 0 Å². The summed E-state index contributed by atoms with van der Waals surface area (Å²) in [5.41, 5.74) is 7.50. The van der Waals surface area contributed by atoms with E-state index in [0.29, 0.717) is 18.1 Å². The van der Waals surface area contributed by atoms with Crippen molar-refractivity contribution in [1.29, 1.82) is 0 Å². The lowest BCUT2D eigenvalue weighted by atomic mass is 10.1. The molecule has 106 valence electrons. The lowest BCUT2D eigenvalue weighted by molar-refractivity contribution is 0.321. The summed E-state index contributed by atoms with van der Waals surface area (Å²) in [6.45, 7) is 0.516. The van der Waals surface area contributed by atoms with Gasteiger partial charge in [0.05, 0.1) is 17.8 Å². The molecule has 0 saturated carbocycles. The van der Waals surface area contributed by atoms with Crippen LogP contribution in [-0.2, 0) is 6.42 Å². The predicted octanol–water partition coefficient (Wildman–Crippen LogP) is 3.49. The van der Waals surface area contributed by atoms with E-state index < -0.39 is 0 Å². The second-order valence-electron chi connectivity index (χ2n) is 4.60. The van der Waals surface area contributed by atoms with E-state index in [2.05, 4.69) is 9.97 Å². The van der Waals surface area contributed by atoms with Gasteiger partial charge < -0.3 is 10.5 Å². The summed E-state index contributed by atoms with van der Waals surface area (Å²) in [6, 6.07) is 15.1. The number of ether oxygens (including phenoxy) is 1. The van der Waals surface area contributed by atoms with Gasteiger partial charge in [-0.15, -0.1) is 0 Å². The van der Waals surface area contributed by atoms with Gasteiger partial charge in [-0.3, -0.25) is 0 Å². The Morgan fingerprint density at radius 1 is 1.00 bits per heavy atom. The molecule has 0 fully saturated rings. The van der Waals surface area contributed by atoms with Crippen LogP contribution >= 0.6 is 11.6 Å². The first-order valence-corrected chi connectivity index (χ1v) is 7.00. The number of benzene rings is 2. The van der Waals surface area contributed by atoms with Crippen LogP contribution in [0.5, 0.6) is 5.75 Å². The Morgan fingerprint density at radius 3 is 2.57 bits per heavy atom. The van der Waals surface area contributed by atoms with Crippen LogP contribution in [0.2, 0.25) is 5.02 Å². The second-order valence-corrected chi connectivity index (χ2v) is 5.03. The summed E-state index contributed by atoms with van der Waals surface area (Å²) in [5, 5.41) is 1.70. The molecular weight excluding hydrogens is 286 g/mol. The van der Waals surface area contributed by atoms with Gasteiger partial charge in [-0.05, 0) is 30.3 Å². The number of hydrogen-bond donors (Lipinski definition) is 1. The molecule has 0 aliphatic carbocycles. The molecule has 3 rings (SSSR count). The molecule has 0 unspecified atom stereocenters. The number of nitrogen functional groups attached to an aromatic ring is 1. The van der Waals surface area contributed by atoms with E-state index in [9.17, 15) is 0 Å². The third-order valence-corrected chi connectivity index (χ3v) is 3.37. The molecule has 0 saturated heterocycles. The van der Waals surface area contributed by atoms with Gasteiger partial charge in [0.15, 0.2) is 0 Å². The van der Waals surface area contributed by atoms with Crippen LogP contribution in [0.4, 0.5) is 5.95 Å². The van der Waals surface area contributed by atoms with Gasteiger partial charge >= 0.3 is 0 Å². The Kier molecular flexibility index (Phi) is 3.88. The van der Waals surface area contributed by atoms with Crippen molar-refractivity contribution in [3.63, 3.8) is 0 Å². The lowest BCUT2D eigenvalue weighted by Crippen LogP contribution is -2.06. The minimum absolute atomic E-state index is 0.287. The maximum Gasteiger partial charge on any atom is 0.220 e. The first kappa shape index (κ1) is 13.6. The topological polar surface area (TPSA) is 61.0 Å². The van der Waals surface area contributed by atoms with Crippen LogP contribution in [0.15, 0.2) is 48.5 Å². The van der Waals surface area contributed by atoms with E-state index in [1.807, 2.05) is 36.4 Å². The minimum Gasteiger partial charge on any atom is -0.493 e. The smallest absolute Gasteiger partial charge is 0.220 e. The number of hydrogen-bond acceptors (Lipinski definition) is 4. The summed E-state index contributed by atoms with van der Waals surface area (Å²) < 4.78 is 5.69. The van der Waals surface area contributed by atoms with Crippen LogP contribution in [0.25, 0.3) is 10.9 Å². The van der Waals surface area contributed by atoms with Crippen LogP contribution < -0.4 is 10.5 Å². The highest BCUT2D eigenvalue weighted by molar-refractivity contribution is 6.30. The van der Waals surface area contributed by atoms with Crippen LogP contribution in [0.1, 0.15) is 5.69 Å². The fourth-order valence-corrected chi connectivity index (χ4v) is 2.28.